The highest BCUT2D eigenvalue weighted by Gasteiger charge is 2.60. The molecule has 0 aromatic heterocycles. The normalized spacial score (nSPS) is 30.7. The minimum absolute atomic E-state index is 0.135. The van der Waals surface area contributed by atoms with E-state index in [2.05, 4.69) is 34.6 Å². The SMILES string of the molecule is CC(C)CCC[C@@H](C)[C@H]1CCC2C3CCC4CC(Oc5ccc(C=CC(=O)c6ccc(OC(=O)c7cc(N)cc(N)c7)cc6)cc5)CC[C@]4(C)C3CC[C@@]21C. The fraction of sp³-hybridized carbons (Fsp3) is 0.551. The Morgan fingerprint density at radius 3 is 2.15 bits per heavy atom. The molecule has 0 radical (unpaired) electrons. The van der Waals surface area contributed by atoms with Gasteiger partial charge in [0.15, 0.2) is 5.78 Å². The lowest BCUT2D eigenvalue weighted by Gasteiger charge is -2.61. The molecule has 6 heteroatoms. The Morgan fingerprint density at radius 2 is 1.44 bits per heavy atom. The number of nitrogens with two attached hydrogens (primary N) is 2. The van der Waals surface area contributed by atoms with Crippen molar-refractivity contribution in [3.05, 3.63) is 89.5 Å². The van der Waals surface area contributed by atoms with Gasteiger partial charge in [-0.05, 0) is 176 Å². The summed E-state index contributed by atoms with van der Waals surface area (Å²) >= 11 is 0. The number of rotatable bonds is 12. The molecule has 7 rings (SSSR count). The highest BCUT2D eigenvalue weighted by molar-refractivity contribution is 6.07. The number of hydrogen-bond donors (Lipinski definition) is 2. The Bertz CT molecular complexity index is 1830. The number of anilines is 2. The van der Waals surface area contributed by atoms with Crippen LogP contribution in [-0.2, 0) is 0 Å². The van der Waals surface area contributed by atoms with E-state index in [1.54, 1.807) is 36.4 Å². The van der Waals surface area contributed by atoms with Crippen molar-refractivity contribution in [2.45, 2.75) is 118 Å². The van der Waals surface area contributed by atoms with Gasteiger partial charge in [0.2, 0.25) is 0 Å². The molecule has 4 fully saturated rings. The summed E-state index contributed by atoms with van der Waals surface area (Å²) in [5.41, 5.74) is 15.1. The van der Waals surface area contributed by atoms with Gasteiger partial charge in [0.05, 0.1) is 11.7 Å². The smallest absolute Gasteiger partial charge is 0.343 e. The lowest BCUT2D eigenvalue weighted by atomic mass is 9.44. The van der Waals surface area contributed by atoms with E-state index in [9.17, 15) is 9.59 Å². The maximum atomic E-state index is 12.9. The van der Waals surface area contributed by atoms with Crippen LogP contribution in [0.5, 0.6) is 11.5 Å². The highest BCUT2D eigenvalue weighted by atomic mass is 16.5. The number of esters is 1. The molecule has 4 aliphatic rings. The average molecular weight is 745 g/mol. The van der Waals surface area contributed by atoms with Gasteiger partial charge in [-0.3, -0.25) is 4.79 Å². The van der Waals surface area contributed by atoms with Crippen molar-refractivity contribution in [2.75, 3.05) is 11.5 Å². The lowest BCUT2D eigenvalue weighted by Crippen LogP contribution is -2.54. The maximum Gasteiger partial charge on any atom is 0.343 e. The number of allylic oxidation sites excluding steroid dienone is 1. The van der Waals surface area contributed by atoms with Crippen LogP contribution in [0.4, 0.5) is 11.4 Å². The molecule has 3 aromatic rings. The molecule has 0 bridgehead atoms. The van der Waals surface area contributed by atoms with Gasteiger partial charge in [0.1, 0.15) is 11.5 Å². The van der Waals surface area contributed by atoms with Crippen LogP contribution < -0.4 is 20.9 Å². The second-order valence-electron chi connectivity index (χ2n) is 18.8. The molecule has 5 unspecified atom stereocenters. The first-order valence-corrected chi connectivity index (χ1v) is 21.3. The van der Waals surface area contributed by atoms with Gasteiger partial charge >= 0.3 is 5.97 Å². The number of carbonyl (C=O) groups is 2. The molecule has 3 aromatic carbocycles. The number of ketones is 1. The first kappa shape index (κ1) is 39.2. The first-order chi connectivity index (χ1) is 26.3. The van der Waals surface area contributed by atoms with Gasteiger partial charge < -0.3 is 20.9 Å². The fourth-order valence-corrected chi connectivity index (χ4v) is 12.1. The van der Waals surface area contributed by atoms with E-state index < -0.39 is 5.97 Å². The van der Waals surface area contributed by atoms with Gasteiger partial charge in [-0.1, -0.05) is 72.1 Å². The Hall–Kier alpha value is -4.06. The summed E-state index contributed by atoms with van der Waals surface area (Å²) in [6.45, 7) is 12.7. The molecular formula is C49H64N2O4. The van der Waals surface area contributed by atoms with Crippen LogP contribution in [0.1, 0.15) is 138 Å². The summed E-state index contributed by atoms with van der Waals surface area (Å²) in [6, 6.07) is 19.2. The zero-order valence-electron chi connectivity index (χ0n) is 33.9. The Morgan fingerprint density at radius 1 is 0.764 bits per heavy atom. The summed E-state index contributed by atoms with van der Waals surface area (Å²) in [5, 5.41) is 0. The monoisotopic (exact) mass is 744 g/mol. The number of carbonyl (C=O) groups excluding carboxylic acids is 2. The Kier molecular flexibility index (Phi) is 11.5. The Labute approximate surface area is 329 Å². The molecule has 4 N–H and O–H groups in total. The summed E-state index contributed by atoms with van der Waals surface area (Å²) in [5.74, 6) is 6.62. The van der Waals surface area contributed by atoms with E-state index in [1.165, 1.54) is 82.8 Å². The molecule has 9 atom stereocenters. The third kappa shape index (κ3) is 8.39. The fourth-order valence-electron chi connectivity index (χ4n) is 12.1. The summed E-state index contributed by atoms with van der Waals surface area (Å²) in [6.07, 6.45) is 20.0. The first-order valence-electron chi connectivity index (χ1n) is 21.3. The topological polar surface area (TPSA) is 105 Å². The summed E-state index contributed by atoms with van der Waals surface area (Å²) < 4.78 is 12.1. The molecule has 0 heterocycles. The molecule has 294 valence electrons. The van der Waals surface area contributed by atoms with Crippen molar-refractivity contribution < 1.29 is 19.1 Å². The van der Waals surface area contributed by atoms with E-state index in [4.69, 9.17) is 20.9 Å². The van der Waals surface area contributed by atoms with Gasteiger partial charge in [0.25, 0.3) is 0 Å². The van der Waals surface area contributed by atoms with E-state index in [0.717, 1.165) is 59.2 Å². The molecule has 0 spiro atoms. The standard InChI is InChI=1S/C49H64N2O4/c1-31(2)7-6-8-32(3)43-20-21-44-42-19-14-36-29-41(23-25-48(36,4)45(42)24-26-49(43,44)5)54-39-15-9-33(10-16-39)11-22-46(52)34-12-17-40(18-13-34)55-47(53)35-27-37(50)30-38(51)28-35/h9-13,15-18,22,27-28,30-32,36,41-45H,6-8,14,19-21,23-26,29,50-51H2,1-5H3/t32-,36?,41?,42?,43-,44?,45?,48+,49-/m1/s1. The summed E-state index contributed by atoms with van der Waals surface area (Å²) in [4.78, 5) is 25.4. The van der Waals surface area contributed by atoms with Crippen molar-refractivity contribution in [2.24, 2.45) is 52.3 Å². The maximum absolute atomic E-state index is 12.9. The predicted octanol–water partition coefficient (Wildman–Crippen LogP) is 11.8. The molecule has 0 amide bonds. The van der Waals surface area contributed by atoms with Crippen molar-refractivity contribution in [3.63, 3.8) is 0 Å². The van der Waals surface area contributed by atoms with Gasteiger partial charge in [-0.15, -0.1) is 0 Å². The van der Waals surface area contributed by atoms with Crippen molar-refractivity contribution in [1.82, 2.24) is 0 Å². The quantitative estimate of drug-likeness (QED) is 0.0629. The van der Waals surface area contributed by atoms with Gasteiger partial charge in [-0.2, -0.15) is 0 Å². The minimum atomic E-state index is -0.568. The minimum Gasteiger partial charge on any atom is -0.490 e. The van der Waals surface area contributed by atoms with Crippen LogP contribution in [0.15, 0.2) is 72.8 Å². The van der Waals surface area contributed by atoms with E-state index in [0.29, 0.717) is 33.5 Å². The number of hydrogen-bond acceptors (Lipinski definition) is 6. The van der Waals surface area contributed by atoms with Crippen LogP contribution in [0.3, 0.4) is 0 Å². The van der Waals surface area contributed by atoms with Crippen molar-refractivity contribution in [1.29, 1.82) is 0 Å². The predicted molar refractivity (Wildman–Crippen MR) is 224 cm³/mol. The molecule has 4 aliphatic carbocycles. The molecule has 55 heavy (non-hydrogen) atoms. The molecule has 0 aliphatic heterocycles. The van der Waals surface area contributed by atoms with Crippen LogP contribution in [-0.4, -0.2) is 17.9 Å². The second-order valence-corrected chi connectivity index (χ2v) is 18.8. The Balaban J connectivity index is 0.894. The second kappa shape index (κ2) is 16.2. The third-order valence-electron chi connectivity index (χ3n) is 15.0. The highest BCUT2D eigenvalue weighted by Crippen LogP contribution is 2.68. The van der Waals surface area contributed by atoms with Gasteiger partial charge in [0, 0.05) is 16.9 Å². The average Bonchev–Trinajstić information content (AvgIpc) is 3.51. The molecule has 0 saturated heterocycles. The van der Waals surface area contributed by atoms with E-state index in [1.807, 2.05) is 30.3 Å². The molecule has 6 nitrogen and oxygen atoms in total. The van der Waals surface area contributed by atoms with E-state index in [-0.39, 0.29) is 17.5 Å². The summed E-state index contributed by atoms with van der Waals surface area (Å²) in [7, 11) is 0. The van der Waals surface area contributed by atoms with Crippen molar-refractivity contribution in [3.8, 4) is 11.5 Å². The largest absolute Gasteiger partial charge is 0.490 e. The molecular weight excluding hydrogens is 681 g/mol. The van der Waals surface area contributed by atoms with Crippen LogP contribution >= 0.6 is 0 Å². The number of ether oxygens (including phenoxy) is 2. The van der Waals surface area contributed by atoms with Crippen LogP contribution in [0, 0.1) is 52.3 Å². The van der Waals surface area contributed by atoms with Crippen LogP contribution in [0.2, 0.25) is 0 Å². The zero-order chi connectivity index (χ0) is 38.9. The van der Waals surface area contributed by atoms with E-state index >= 15 is 0 Å². The van der Waals surface area contributed by atoms with Gasteiger partial charge in [-0.25, -0.2) is 4.79 Å². The van der Waals surface area contributed by atoms with Crippen LogP contribution in [0.25, 0.3) is 6.08 Å². The lowest BCUT2D eigenvalue weighted by molar-refractivity contribution is -0.126. The number of benzene rings is 3. The number of fused-ring (bicyclic) bond motifs is 5. The number of nitrogen functional groups attached to an aromatic ring is 2. The zero-order valence-corrected chi connectivity index (χ0v) is 33.9. The van der Waals surface area contributed by atoms with Crippen molar-refractivity contribution >= 4 is 29.2 Å². The molecule has 4 saturated carbocycles. The third-order valence-corrected chi connectivity index (χ3v) is 15.0.